The number of hydrogen-bond acceptors (Lipinski definition) is 15. The van der Waals surface area contributed by atoms with Gasteiger partial charge in [-0.25, -0.2) is 19.9 Å². The van der Waals surface area contributed by atoms with E-state index in [0.717, 1.165) is 0 Å². The molecule has 10 amide bonds. The van der Waals surface area contributed by atoms with Crippen molar-refractivity contribution in [1.29, 1.82) is 0 Å². The lowest BCUT2D eigenvalue weighted by Crippen LogP contribution is -2.33. The molecule has 7 aromatic heterocycles. The molecule has 11 N–H and O–H groups in total. The van der Waals surface area contributed by atoms with Crippen molar-refractivity contribution in [2.75, 3.05) is 58.1 Å². The van der Waals surface area contributed by atoms with E-state index in [-0.39, 0.29) is 115 Å². The Hall–Kier alpha value is -11.1. The Bertz CT molecular complexity index is 3820. The van der Waals surface area contributed by atoms with E-state index in [0.29, 0.717) is 24.2 Å². The van der Waals surface area contributed by atoms with E-state index >= 15 is 0 Å². The fraction of sp³-hybridized carbons (Fsp3) is 0.340. The van der Waals surface area contributed by atoms with E-state index in [9.17, 15) is 52.7 Å². The summed E-state index contributed by atoms with van der Waals surface area (Å²) in [6.45, 7) is -0.0500. The van der Waals surface area contributed by atoms with Gasteiger partial charge in [-0.05, 0) is 36.5 Å². The van der Waals surface area contributed by atoms with Crippen molar-refractivity contribution >= 4 is 99.6 Å². The summed E-state index contributed by atoms with van der Waals surface area (Å²) in [7, 11) is 11.2. The molecule has 0 spiro atoms. The Morgan fingerprint density at radius 1 is 0.430 bits per heavy atom. The van der Waals surface area contributed by atoms with Crippen LogP contribution in [-0.4, -0.2) is 148 Å². The molecule has 0 unspecified atom stereocenters. The predicted molar refractivity (Wildman–Crippen MR) is 306 cm³/mol. The first-order valence-electron chi connectivity index (χ1n) is 26.6. The number of carboxylic acids is 1. The fourth-order valence-corrected chi connectivity index (χ4v) is 8.95. The van der Waals surface area contributed by atoms with E-state index in [1.165, 1.54) is 89.8 Å². The summed E-state index contributed by atoms with van der Waals surface area (Å²) in [5.74, 6) is -5.95. The largest absolute Gasteiger partial charge is 0.481 e. The molecule has 8 rings (SSSR count). The van der Waals surface area contributed by atoms with Crippen LogP contribution in [0.5, 0.6) is 0 Å². The summed E-state index contributed by atoms with van der Waals surface area (Å²) < 4.78 is 10.3. The number of carbonyl (C=O) groups excluding carboxylic acids is 10. The third-order valence-corrected chi connectivity index (χ3v) is 13.6. The van der Waals surface area contributed by atoms with Crippen molar-refractivity contribution < 1.29 is 57.8 Å². The quantitative estimate of drug-likeness (QED) is 0.0355. The maximum atomic E-state index is 13.4. The van der Waals surface area contributed by atoms with Gasteiger partial charge >= 0.3 is 5.97 Å². The second-order valence-corrected chi connectivity index (χ2v) is 20.5. The van der Waals surface area contributed by atoms with Crippen LogP contribution in [0.15, 0.2) is 67.8 Å². The molecule has 86 heavy (non-hydrogen) atoms. The molecule has 33 nitrogen and oxygen atoms in total. The van der Waals surface area contributed by atoms with Gasteiger partial charge in [0, 0.05) is 144 Å². The van der Waals surface area contributed by atoms with E-state index in [1.54, 1.807) is 59.2 Å². The molecule has 0 radical (unpaired) electrons. The monoisotopic (exact) mass is 1190 g/mol. The topological polar surface area (TPSA) is 414 Å². The first kappa shape index (κ1) is 60.9. The van der Waals surface area contributed by atoms with Crippen molar-refractivity contribution in [3.8, 4) is 0 Å². The maximum absolute atomic E-state index is 13.4. The van der Waals surface area contributed by atoms with Crippen LogP contribution in [-0.2, 0) is 68.5 Å². The second kappa shape index (κ2) is 26.0. The minimum atomic E-state index is -1.08. The van der Waals surface area contributed by atoms with E-state index < -0.39 is 70.5 Å². The highest BCUT2D eigenvalue weighted by molar-refractivity contribution is 6.06. The molecule has 0 saturated heterocycles. The highest BCUT2D eigenvalue weighted by atomic mass is 16.4. The standard InChI is InChI=1S/C53H63N21O12/c1-68-17-16-54-42(68)51(85)60-30-19-32(69(2)23-30)46(80)55-13-9-39(76)62-35-25-74(7)45(65-35)52(86)61-31-20-33(70(3)24-31)47(81)58-28-53(11-12-53)21-40(77)63-36-26-72(5)43(64-36)49(83)56-14-8-38(75)59-29-18-34(71(4)22-29)48(82)67-37-27-73(6)44(66-37)50(84)57-15-10-41(78)79/h16-20,22-27H,8-15,21,28H2,1-7H3,(H,55,80)(H,56,83)(H,57,84)(H,58,81)(H,59,75)(H,60,85)(H,61,86)(H,62,76)(H,63,77)(H,67,82)(H,78,79). The van der Waals surface area contributed by atoms with E-state index in [2.05, 4.69) is 73.1 Å². The second-order valence-electron chi connectivity index (χ2n) is 20.5. The van der Waals surface area contributed by atoms with Crippen LogP contribution in [0.3, 0.4) is 0 Å². The zero-order valence-corrected chi connectivity index (χ0v) is 47.8. The molecule has 452 valence electrons. The Morgan fingerprint density at radius 2 is 0.837 bits per heavy atom. The summed E-state index contributed by atoms with van der Waals surface area (Å²) in [6, 6.07) is 4.40. The third-order valence-electron chi connectivity index (χ3n) is 13.6. The molecule has 1 fully saturated rings. The first-order chi connectivity index (χ1) is 40.8. The van der Waals surface area contributed by atoms with Crippen molar-refractivity contribution in [1.82, 2.24) is 73.2 Å². The van der Waals surface area contributed by atoms with Crippen LogP contribution in [0.2, 0.25) is 0 Å². The molecule has 7 aromatic rings. The highest BCUT2D eigenvalue weighted by Crippen LogP contribution is 2.48. The number of aliphatic carboxylic acids is 1. The Balaban J connectivity index is 0.728. The van der Waals surface area contributed by atoms with E-state index in [1.807, 2.05) is 0 Å². The SMILES string of the molecule is Cn1cc(NC(=O)c2nccn2C)cc1C(=O)NCCC(=O)Nc1cn(C)c(C(=O)Nc2cc(C(=O)NCC3(CC(=O)Nc4cn(C)c(C(=O)NCCC(=O)Nc5cc(C(=O)Nc6cn(C)c(C(=O)NCCC(=O)O)n6)n(C)c5)n4)CC3)n(C)c2)n1. The maximum Gasteiger partial charge on any atom is 0.305 e. The summed E-state index contributed by atoms with van der Waals surface area (Å²) in [4.78, 5) is 157. The van der Waals surface area contributed by atoms with Gasteiger partial charge in [-0.3, -0.25) is 52.7 Å². The van der Waals surface area contributed by atoms with Gasteiger partial charge in [0.05, 0.1) is 23.5 Å². The number of rotatable bonds is 26. The van der Waals surface area contributed by atoms with Gasteiger partial charge in [0.25, 0.3) is 41.4 Å². The lowest BCUT2D eigenvalue weighted by atomic mass is 10.0. The normalized spacial score (nSPS) is 12.1. The molecular weight excluding hydrogens is 1120 g/mol. The Morgan fingerprint density at radius 3 is 1.31 bits per heavy atom. The predicted octanol–water partition coefficient (Wildman–Crippen LogP) is 0.654. The Kier molecular flexibility index (Phi) is 18.4. The zero-order chi connectivity index (χ0) is 62.1. The van der Waals surface area contributed by atoms with E-state index in [4.69, 9.17) is 5.11 Å². The average Bonchev–Trinajstić information content (AvgIpc) is 2.39. The number of aryl methyl sites for hydroxylation is 7. The van der Waals surface area contributed by atoms with Gasteiger partial charge in [0.2, 0.25) is 35.2 Å². The molecule has 1 saturated carbocycles. The Labute approximate surface area is 488 Å². The van der Waals surface area contributed by atoms with Gasteiger partial charge in [0.1, 0.15) is 17.1 Å². The van der Waals surface area contributed by atoms with Crippen molar-refractivity contribution in [2.45, 2.75) is 38.5 Å². The lowest BCUT2D eigenvalue weighted by Gasteiger charge is -2.15. The number of nitrogens with zero attached hydrogens (tertiary/aromatic N) is 11. The molecule has 1 aliphatic carbocycles. The minimum Gasteiger partial charge on any atom is -0.481 e. The first-order valence-corrected chi connectivity index (χ1v) is 26.6. The van der Waals surface area contributed by atoms with Gasteiger partial charge in [-0.2, -0.15) is 0 Å². The molecular formula is C53H63N21O12. The van der Waals surface area contributed by atoms with Crippen molar-refractivity contribution in [3.05, 3.63) is 108 Å². The van der Waals surface area contributed by atoms with Crippen molar-refractivity contribution in [2.24, 2.45) is 54.7 Å². The summed E-state index contributed by atoms with van der Waals surface area (Å²) >= 11 is 0. The highest BCUT2D eigenvalue weighted by Gasteiger charge is 2.44. The molecule has 0 aliphatic heterocycles. The molecule has 1 aliphatic rings. The van der Waals surface area contributed by atoms with Gasteiger partial charge in [-0.1, -0.05) is 0 Å². The van der Waals surface area contributed by atoms with Gasteiger partial charge in [0.15, 0.2) is 23.3 Å². The molecule has 0 aromatic carbocycles. The summed E-state index contributed by atoms with van der Waals surface area (Å²) in [6.07, 6.45) is 12.9. The number of nitrogens with one attached hydrogen (secondary N) is 10. The number of aromatic nitrogens is 11. The van der Waals surface area contributed by atoms with Gasteiger partial charge < -0.3 is 90.2 Å². The number of hydrogen-bond donors (Lipinski definition) is 11. The molecule has 33 heteroatoms. The average molecular weight is 1190 g/mol. The summed E-state index contributed by atoms with van der Waals surface area (Å²) in [5, 5.41) is 35.4. The lowest BCUT2D eigenvalue weighted by molar-refractivity contribution is -0.136. The van der Waals surface area contributed by atoms with Crippen LogP contribution in [0.4, 0.5) is 34.5 Å². The smallest absolute Gasteiger partial charge is 0.305 e. The molecule has 0 bridgehead atoms. The number of imidazole rings is 4. The van der Waals surface area contributed by atoms with Crippen LogP contribution < -0.4 is 53.2 Å². The molecule has 0 atom stereocenters. The third kappa shape index (κ3) is 15.3. The van der Waals surface area contributed by atoms with Crippen LogP contribution in [0.25, 0.3) is 0 Å². The number of carboxylic acid groups (broad SMARTS) is 1. The number of anilines is 6. The van der Waals surface area contributed by atoms with Gasteiger partial charge in [-0.15, -0.1) is 0 Å². The van der Waals surface area contributed by atoms with Crippen LogP contribution >= 0.6 is 0 Å². The number of carbonyl (C=O) groups is 11. The van der Waals surface area contributed by atoms with Crippen LogP contribution in [0.1, 0.15) is 112 Å². The minimum absolute atomic E-state index is 0.0300. The van der Waals surface area contributed by atoms with Crippen molar-refractivity contribution in [3.63, 3.8) is 0 Å². The summed E-state index contributed by atoms with van der Waals surface area (Å²) in [5.41, 5.74) is 1.03. The van der Waals surface area contributed by atoms with Crippen LogP contribution in [0, 0.1) is 5.41 Å². The number of amides is 10. The fourth-order valence-electron chi connectivity index (χ4n) is 8.95. The zero-order valence-electron chi connectivity index (χ0n) is 47.8. The molecule has 7 heterocycles.